The Morgan fingerprint density at radius 2 is 1.66 bits per heavy atom. The largest absolute Gasteiger partial charge is 0.492 e. The molecule has 1 atom stereocenters. The van der Waals surface area contributed by atoms with Crippen molar-refractivity contribution in [1.82, 2.24) is 25.4 Å². The Hall–Kier alpha value is -6.33. The van der Waals surface area contributed by atoms with Crippen LogP contribution in [0.5, 0.6) is 11.5 Å². The van der Waals surface area contributed by atoms with Gasteiger partial charge in [0.1, 0.15) is 36.3 Å². The molecule has 1 aliphatic carbocycles. The molecule has 1 saturated carbocycles. The minimum Gasteiger partial charge on any atom is -0.492 e. The highest BCUT2D eigenvalue weighted by Gasteiger charge is 2.64. The van der Waals surface area contributed by atoms with Gasteiger partial charge in [-0.15, -0.1) is 0 Å². The number of imide groups is 2. The predicted octanol–water partition coefficient (Wildman–Crippen LogP) is 4.32. The van der Waals surface area contributed by atoms with Crippen LogP contribution in [0.3, 0.4) is 0 Å². The number of nitriles is 1. The van der Waals surface area contributed by atoms with E-state index >= 15 is 0 Å². The lowest BCUT2D eigenvalue weighted by molar-refractivity contribution is -0.163. The summed E-state index contributed by atoms with van der Waals surface area (Å²) in [5.74, 6) is -0.906. The molecule has 4 aromatic rings. The fraction of sp³-hybridized carbons (Fsp3) is 0.386. The number of nitrogens with one attached hydrogen (secondary N) is 2. The predicted molar refractivity (Wildman–Crippen MR) is 213 cm³/mol. The monoisotopic (exact) mass is 783 g/mol. The highest BCUT2D eigenvalue weighted by atomic mass is 16.5. The van der Waals surface area contributed by atoms with Gasteiger partial charge in [-0.1, -0.05) is 27.7 Å². The minimum absolute atomic E-state index is 0.0760. The molecule has 14 heteroatoms. The molecular formula is C44H45N7O7. The zero-order valence-electron chi connectivity index (χ0n) is 32.9. The van der Waals surface area contributed by atoms with Crippen molar-refractivity contribution in [2.75, 3.05) is 44.2 Å². The van der Waals surface area contributed by atoms with Crippen LogP contribution < -0.4 is 25.0 Å². The van der Waals surface area contributed by atoms with Crippen LogP contribution in [0.25, 0.3) is 10.9 Å². The third-order valence-electron chi connectivity index (χ3n) is 12.2. The molecule has 3 aromatic carbocycles. The Bertz CT molecular complexity index is 2360. The number of aromatic nitrogens is 1. The van der Waals surface area contributed by atoms with Crippen LogP contribution in [-0.2, 0) is 9.59 Å². The van der Waals surface area contributed by atoms with Crippen LogP contribution in [0, 0.1) is 22.2 Å². The molecule has 5 amide bonds. The number of amides is 5. The zero-order valence-corrected chi connectivity index (χ0v) is 32.9. The summed E-state index contributed by atoms with van der Waals surface area (Å²) in [6.45, 7) is 12.5. The van der Waals surface area contributed by atoms with Crippen molar-refractivity contribution < 1.29 is 33.4 Å². The molecule has 0 radical (unpaired) electrons. The molecule has 14 nitrogen and oxygen atoms in total. The fourth-order valence-corrected chi connectivity index (χ4v) is 9.36. The molecule has 4 heterocycles. The molecule has 2 saturated heterocycles. The number of piperidine rings is 1. The van der Waals surface area contributed by atoms with Gasteiger partial charge in [-0.05, 0) is 73.2 Å². The van der Waals surface area contributed by atoms with Crippen molar-refractivity contribution in [3.8, 4) is 17.6 Å². The van der Waals surface area contributed by atoms with Crippen LogP contribution in [0.15, 0.2) is 72.9 Å². The molecule has 1 aromatic heterocycles. The molecule has 4 aliphatic rings. The highest BCUT2D eigenvalue weighted by molar-refractivity contribution is 6.23. The van der Waals surface area contributed by atoms with E-state index in [-0.39, 0.29) is 42.0 Å². The number of carbonyl (C=O) groups excluding carboxylic acids is 5. The molecule has 0 bridgehead atoms. The summed E-state index contributed by atoms with van der Waals surface area (Å²) in [6.07, 6.45) is 1.65. The molecule has 3 fully saturated rings. The standard InChI is InChI=1S/C44H45N7O7/c1-43(2)41(44(3,4)42(43)58-34-15-9-27(25-45)36-31(34)6-5-17-46-36)48-37(53)26-7-11-29(12-8-26)57-23-22-49-18-20-50(21-19-49)28-10-13-30-32(24-28)40(56)51(39(30)55)33-14-16-35(52)47-38(33)54/h5-13,15,17,24,33,41-42H,14,16,18-23H2,1-4H3,(H,48,53)(H,47,52,54). The van der Waals surface area contributed by atoms with Crippen LogP contribution in [0.2, 0.25) is 0 Å². The molecule has 3 aliphatic heterocycles. The third-order valence-corrected chi connectivity index (χ3v) is 12.2. The van der Waals surface area contributed by atoms with Gasteiger partial charge in [0, 0.05) is 78.9 Å². The van der Waals surface area contributed by atoms with E-state index in [0.29, 0.717) is 54.4 Å². The lowest BCUT2D eigenvalue weighted by Gasteiger charge is -2.63. The topological polar surface area (TPSA) is 174 Å². The van der Waals surface area contributed by atoms with E-state index in [9.17, 15) is 29.2 Å². The lowest BCUT2D eigenvalue weighted by Crippen LogP contribution is -2.74. The van der Waals surface area contributed by atoms with Crippen molar-refractivity contribution in [2.24, 2.45) is 10.8 Å². The summed E-state index contributed by atoms with van der Waals surface area (Å²) in [5.41, 5.74) is 2.21. The number of anilines is 1. The third kappa shape index (κ3) is 6.79. The summed E-state index contributed by atoms with van der Waals surface area (Å²) in [4.78, 5) is 73.7. The van der Waals surface area contributed by atoms with Crippen LogP contribution in [0.1, 0.15) is 77.2 Å². The van der Waals surface area contributed by atoms with Crippen LogP contribution in [-0.4, -0.2) is 102 Å². The van der Waals surface area contributed by atoms with Crippen molar-refractivity contribution in [2.45, 2.75) is 58.7 Å². The average molecular weight is 784 g/mol. The first-order valence-electron chi connectivity index (χ1n) is 19.6. The smallest absolute Gasteiger partial charge is 0.262 e. The van der Waals surface area contributed by atoms with E-state index in [2.05, 4.69) is 59.2 Å². The number of hydrogen-bond donors (Lipinski definition) is 2. The Morgan fingerprint density at radius 1 is 0.931 bits per heavy atom. The first-order valence-corrected chi connectivity index (χ1v) is 19.6. The van der Waals surface area contributed by atoms with Crippen molar-refractivity contribution in [3.05, 3.63) is 95.2 Å². The van der Waals surface area contributed by atoms with Gasteiger partial charge in [-0.2, -0.15) is 5.26 Å². The second kappa shape index (κ2) is 14.9. The van der Waals surface area contributed by atoms with Crippen molar-refractivity contribution in [1.29, 1.82) is 5.26 Å². The Morgan fingerprint density at radius 3 is 2.36 bits per heavy atom. The molecule has 298 valence electrons. The van der Waals surface area contributed by atoms with E-state index < -0.39 is 40.5 Å². The number of rotatable bonds is 10. The van der Waals surface area contributed by atoms with Gasteiger partial charge >= 0.3 is 0 Å². The number of benzene rings is 3. The Kier molecular flexibility index (Phi) is 9.88. The van der Waals surface area contributed by atoms with Gasteiger partial charge in [0.25, 0.3) is 17.7 Å². The number of hydrogen-bond acceptors (Lipinski definition) is 11. The molecule has 2 N–H and O–H groups in total. The van der Waals surface area contributed by atoms with Crippen LogP contribution >= 0.6 is 0 Å². The maximum Gasteiger partial charge on any atom is 0.262 e. The van der Waals surface area contributed by atoms with Gasteiger partial charge in [0.2, 0.25) is 11.8 Å². The summed E-state index contributed by atoms with van der Waals surface area (Å²) in [5, 5.41) is 15.8. The summed E-state index contributed by atoms with van der Waals surface area (Å²) < 4.78 is 12.7. The minimum atomic E-state index is -0.993. The Balaban J connectivity index is 0.804. The number of ether oxygens (including phenoxy) is 2. The second-order valence-electron chi connectivity index (χ2n) is 16.5. The number of pyridine rings is 1. The van der Waals surface area contributed by atoms with Gasteiger partial charge < -0.3 is 19.7 Å². The van der Waals surface area contributed by atoms with Gasteiger partial charge in [0.15, 0.2) is 0 Å². The number of nitrogens with zero attached hydrogens (tertiary/aromatic N) is 5. The lowest BCUT2D eigenvalue weighted by atomic mass is 9.49. The zero-order chi connectivity index (χ0) is 40.9. The number of piperazine rings is 1. The van der Waals surface area contributed by atoms with Gasteiger partial charge in [-0.25, -0.2) is 0 Å². The summed E-state index contributed by atoms with van der Waals surface area (Å²) in [6, 6.07) is 20.7. The quantitative estimate of drug-likeness (QED) is 0.219. The number of carbonyl (C=O) groups is 5. The maximum absolute atomic E-state index is 13.5. The molecule has 1 unspecified atom stereocenters. The van der Waals surface area contributed by atoms with E-state index in [1.165, 1.54) is 0 Å². The first kappa shape index (κ1) is 38.5. The molecule has 58 heavy (non-hydrogen) atoms. The van der Waals surface area contributed by atoms with Gasteiger partial charge in [-0.3, -0.25) is 44.1 Å². The van der Waals surface area contributed by atoms with Crippen molar-refractivity contribution >= 4 is 46.1 Å². The molecular weight excluding hydrogens is 739 g/mol. The maximum atomic E-state index is 13.5. The van der Waals surface area contributed by atoms with Gasteiger partial charge in [0.05, 0.1) is 22.2 Å². The van der Waals surface area contributed by atoms with E-state index in [4.69, 9.17) is 9.47 Å². The van der Waals surface area contributed by atoms with E-state index in [1.54, 1.807) is 48.7 Å². The van der Waals surface area contributed by atoms with Crippen LogP contribution in [0.4, 0.5) is 5.69 Å². The average Bonchev–Trinajstić information content (AvgIpc) is 3.46. The fourth-order valence-electron chi connectivity index (χ4n) is 9.36. The normalized spacial score (nSPS) is 22.5. The SMILES string of the molecule is CC1(C)C(NC(=O)c2ccc(OCCN3CCN(c4ccc5c(c4)C(=O)N(C4CCC(=O)NC4=O)C5=O)CC3)cc2)C(C)(C)C1Oc1ccc(C#N)c2ncccc12. The summed E-state index contributed by atoms with van der Waals surface area (Å²) in [7, 11) is 0. The first-order chi connectivity index (χ1) is 27.8. The Labute approximate surface area is 336 Å². The van der Waals surface area contributed by atoms with E-state index in [1.807, 2.05) is 24.3 Å². The highest BCUT2D eigenvalue weighted by Crippen LogP contribution is 2.56. The molecule has 8 rings (SSSR count). The molecule has 0 spiro atoms. The van der Waals surface area contributed by atoms with E-state index in [0.717, 1.165) is 29.1 Å². The van der Waals surface area contributed by atoms with Crippen molar-refractivity contribution in [3.63, 3.8) is 0 Å². The summed E-state index contributed by atoms with van der Waals surface area (Å²) >= 11 is 0. The second-order valence-corrected chi connectivity index (χ2v) is 16.5. The number of fused-ring (bicyclic) bond motifs is 2.